The summed E-state index contributed by atoms with van der Waals surface area (Å²) in [5.74, 6) is -0.781. The van der Waals surface area contributed by atoms with Crippen molar-refractivity contribution in [3.8, 4) is 18.1 Å². The molecule has 4 amide bonds. The first kappa shape index (κ1) is 37.2. The fraction of sp³-hybridized carbons (Fsp3) is 0.425. The Morgan fingerprint density at radius 2 is 1.93 bits per heavy atom. The number of sulfonamides is 1. The highest BCUT2D eigenvalue weighted by Gasteiger charge is 2.62. The highest BCUT2D eigenvalue weighted by Crippen LogP contribution is 2.46. The molecule has 8 rings (SSSR count). The van der Waals surface area contributed by atoms with Gasteiger partial charge in [0.1, 0.15) is 40.6 Å². The Morgan fingerprint density at radius 1 is 1.11 bits per heavy atom. The lowest BCUT2D eigenvalue weighted by atomic mass is 10.1. The van der Waals surface area contributed by atoms with Gasteiger partial charge < -0.3 is 29.4 Å². The summed E-state index contributed by atoms with van der Waals surface area (Å²) in [7, 11) is -3.94. The number of furan rings is 1. The number of rotatable bonds is 7. The lowest BCUT2D eigenvalue weighted by Crippen LogP contribution is -2.58. The van der Waals surface area contributed by atoms with Crippen molar-refractivity contribution in [1.29, 1.82) is 0 Å². The Balaban J connectivity index is 1.16. The zero-order chi connectivity index (χ0) is 39.2. The van der Waals surface area contributed by atoms with Crippen molar-refractivity contribution in [2.45, 2.75) is 86.8 Å². The summed E-state index contributed by atoms with van der Waals surface area (Å²) in [6.07, 6.45) is 11.1. The van der Waals surface area contributed by atoms with E-state index in [4.69, 9.17) is 25.3 Å². The fourth-order valence-electron chi connectivity index (χ4n) is 7.75. The van der Waals surface area contributed by atoms with Crippen molar-refractivity contribution >= 4 is 66.8 Å². The van der Waals surface area contributed by atoms with E-state index in [0.717, 1.165) is 6.42 Å². The van der Waals surface area contributed by atoms with Gasteiger partial charge >= 0.3 is 6.09 Å². The fourth-order valence-corrected chi connectivity index (χ4v) is 9.11. The summed E-state index contributed by atoms with van der Waals surface area (Å²) >= 11 is 0. The average Bonchev–Trinajstić information content (AvgIpc) is 4.08. The predicted octanol–water partition coefficient (Wildman–Crippen LogP) is 4.35. The SMILES string of the molecule is C#CCOC(=O)N[C@H]1CCCCC/C=C\[C@@H]2C[C@@]2(C(=O)NS(=O)(=O)C2CC2)NC(=O)[C@@H]2C[C@@H](Oc3c4cc(F)ccc4nc4c3oc3ccccc34)CN2C1=O. The van der Waals surface area contributed by atoms with Crippen LogP contribution >= 0.6 is 0 Å². The molecule has 0 bridgehead atoms. The van der Waals surface area contributed by atoms with Crippen LogP contribution < -0.4 is 20.1 Å². The molecule has 292 valence electrons. The van der Waals surface area contributed by atoms with Crippen LogP contribution in [0.3, 0.4) is 0 Å². The number of nitrogens with zero attached hydrogens (tertiary/aromatic N) is 2. The average molecular weight is 786 g/mol. The molecule has 0 radical (unpaired) electrons. The van der Waals surface area contributed by atoms with E-state index in [-0.39, 0.29) is 43.7 Å². The molecular weight excluding hydrogens is 746 g/mol. The van der Waals surface area contributed by atoms with Crippen LogP contribution in [0.2, 0.25) is 0 Å². The Labute approximate surface area is 321 Å². The molecule has 4 heterocycles. The number of allylic oxidation sites excluding steroid dienone is 1. The normalized spacial score (nSPS) is 26.2. The van der Waals surface area contributed by atoms with Gasteiger partial charge in [-0.1, -0.05) is 43.0 Å². The van der Waals surface area contributed by atoms with Crippen LogP contribution in [0.1, 0.15) is 57.8 Å². The van der Waals surface area contributed by atoms with Gasteiger partial charge in [-0.15, -0.1) is 6.42 Å². The Kier molecular flexibility index (Phi) is 9.81. The highest BCUT2D eigenvalue weighted by atomic mass is 32.2. The number of amides is 4. The second-order valence-corrected chi connectivity index (χ2v) is 16.8. The zero-order valence-electron chi connectivity index (χ0n) is 30.3. The van der Waals surface area contributed by atoms with Crippen LogP contribution in [0, 0.1) is 24.1 Å². The predicted molar refractivity (Wildman–Crippen MR) is 202 cm³/mol. The van der Waals surface area contributed by atoms with Gasteiger partial charge in [-0.05, 0) is 68.9 Å². The van der Waals surface area contributed by atoms with E-state index in [2.05, 4.69) is 21.3 Å². The number of ether oxygens (including phenoxy) is 2. The maximum Gasteiger partial charge on any atom is 0.408 e. The van der Waals surface area contributed by atoms with Gasteiger partial charge in [0.2, 0.25) is 21.8 Å². The number of hydrogen-bond acceptors (Lipinski definition) is 10. The molecular formula is C40H40FN5O9S. The molecule has 56 heavy (non-hydrogen) atoms. The topological polar surface area (TPSA) is 186 Å². The van der Waals surface area contributed by atoms with Crippen LogP contribution in [-0.4, -0.2) is 84.2 Å². The first-order valence-electron chi connectivity index (χ1n) is 18.8. The van der Waals surface area contributed by atoms with Crippen molar-refractivity contribution in [2.24, 2.45) is 5.92 Å². The minimum atomic E-state index is -3.94. The standard InChI is InChI=1S/C40H40FN5O9S/c1-2-18-53-39(50)43-30-12-7-5-3-4-6-10-23-21-40(23,38(49)45-56(51,52)26-15-16-26)44-36(47)31-20-25(22-46(31)37(30)48)54-34-28-19-24(41)14-17-29(28)42-33-27-11-8-9-13-32(27)55-35(33)34/h1,6,8-11,13-14,17,19,23,25-26,30-31H,3-5,7,12,15-16,18,20-22H2,(H,43,50)(H,44,47)(H,45,49)/b10-6-/t23-,25-,30+,31+,40-/m1/s1. The van der Waals surface area contributed by atoms with Crippen LogP contribution in [-0.2, 0) is 29.1 Å². The van der Waals surface area contributed by atoms with Crippen molar-refractivity contribution < 1.29 is 45.9 Å². The Bertz CT molecular complexity index is 2440. The van der Waals surface area contributed by atoms with E-state index in [0.29, 0.717) is 59.5 Å². The molecule has 3 fully saturated rings. The summed E-state index contributed by atoms with van der Waals surface area (Å²) < 4.78 is 60.5. The second kappa shape index (κ2) is 14.8. The minimum absolute atomic E-state index is 0.0781. The molecule has 2 aromatic heterocycles. The number of fused-ring (bicyclic) bond motifs is 6. The lowest BCUT2D eigenvalue weighted by molar-refractivity contribution is -0.141. The molecule has 0 spiro atoms. The van der Waals surface area contributed by atoms with E-state index < -0.39 is 74.5 Å². The summed E-state index contributed by atoms with van der Waals surface area (Å²) in [5, 5.41) is 5.80. The summed E-state index contributed by atoms with van der Waals surface area (Å²) in [5.41, 5.74) is 0.113. The number of carbonyl (C=O) groups is 4. The van der Waals surface area contributed by atoms with Gasteiger partial charge in [-0.2, -0.15) is 0 Å². The van der Waals surface area contributed by atoms with Crippen molar-refractivity contribution in [2.75, 3.05) is 13.2 Å². The molecule has 16 heteroatoms. The molecule has 5 atom stereocenters. The molecule has 4 aliphatic rings. The molecule has 2 aliphatic carbocycles. The van der Waals surface area contributed by atoms with E-state index in [1.165, 1.54) is 23.1 Å². The van der Waals surface area contributed by atoms with Gasteiger partial charge in [-0.3, -0.25) is 19.1 Å². The molecule has 2 saturated carbocycles. The van der Waals surface area contributed by atoms with E-state index in [1.54, 1.807) is 12.1 Å². The smallest absolute Gasteiger partial charge is 0.408 e. The largest absolute Gasteiger partial charge is 0.484 e. The van der Waals surface area contributed by atoms with Gasteiger partial charge in [0, 0.05) is 23.1 Å². The third kappa shape index (κ3) is 7.23. The molecule has 3 N–H and O–H groups in total. The Hall–Kier alpha value is -5.69. The number of nitrogens with one attached hydrogen (secondary N) is 3. The summed E-state index contributed by atoms with van der Waals surface area (Å²) in [4.78, 5) is 61.5. The zero-order valence-corrected chi connectivity index (χ0v) is 31.1. The monoisotopic (exact) mass is 785 g/mol. The number of hydrogen-bond donors (Lipinski definition) is 3. The van der Waals surface area contributed by atoms with Crippen molar-refractivity contribution in [1.82, 2.24) is 25.2 Å². The van der Waals surface area contributed by atoms with Crippen LogP contribution in [0.25, 0.3) is 33.0 Å². The number of alkyl carbamates (subject to hydrolysis) is 1. The first-order chi connectivity index (χ1) is 27.0. The van der Waals surface area contributed by atoms with E-state index in [1.807, 2.05) is 24.3 Å². The van der Waals surface area contributed by atoms with Crippen LogP contribution in [0.4, 0.5) is 9.18 Å². The van der Waals surface area contributed by atoms with E-state index >= 15 is 0 Å². The van der Waals surface area contributed by atoms with Crippen molar-refractivity contribution in [3.05, 3.63) is 60.4 Å². The molecule has 2 aromatic carbocycles. The third-order valence-corrected chi connectivity index (χ3v) is 12.7. The summed E-state index contributed by atoms with van der Waals surface area (Å²) in [6.45, 7) is -0.462. The number of benzene rings is 2. The number of aromatic nitrogens is 1. The molecule has 0 unspecified atom stereocenters. The molecule has 4 aromatic rings. The minimum Gasteiger partial charge on any atom is -0.484 e. The van der Waals surface area contributed by atoms with E-state index in [9.17, 15) is 32.0 Å². The third-order valence-electron chi connectivity index (χ3n) is 10.9. The number of carbonyl (C=O) groups excluding carboxylic acids is 4. The highest BCUT2D eigenvalue weighted by molar-refractivity contribution is 7.91. The Morgan fingerprint density at radius 3 is 2.73 bits per heavy atom. The van der Waals surface area contributed by atoms with Crippen LogP contribution in [0.15, 0.2) is 59.0 Å². The molecule has 2 aliphatic heterocycles. The quantitative estimate of drug-likeness (QED) is 0.180. The van der Waals surface area contributed by atoms with Gasteiger partial charge in [-0.25, -0.2) is 22.6 Å². The summed E-state index contributed by atoms with van der Waals surface area (Å²) in [6, 6.07) is 9.00. The van der Waals surface area contributed by atoms with Gasteiger partial charge in [0.05, 0.1) is 17.3 Å². The van der Waals surface area contributed by atoms with Gasteiger partial charge in [0.15, 0.2) is 17.9 Å². The maximum atomic E-state index is 14.8. The number of pyridine rings is 1. The van der Waals surface area contributed by atoms with Crippen LogP contribution in [0.5, 0.6) is 5.75 Å². The lowest BCUT2D eigenvalue weighted by Gasteiger charge is -2.29. The maximum absolute atomic E-state index is 14.8. The second-order valence-electron chi connectivity index (χ2n) is 14.9. The van der Waals surface area contributed by atoms with Gasteiger partial charge in [0.25, 0.3) is 5.91 Å². The van der Waals surface area contributed by atoms with Crippen molar-refractivity contribution in [3.63, 3.8) is 0 Å². The molecule has 14 nitrogen and oxygen atoms in total. The molecule has 1 saturated heterocycles. The first-order valence-corrected chi connectivity index (χ1v) is 20.3. The number of terminal acetylenes is 1. The number of halogens is 1. The number of para-hydroxylation sites is 1.